The van der Waals surface area contributed by atoms with Crippen molar-refractivity contribution in [3.63, 3.8) is 0 Å². The lowest BCUT2D eigenvalue weighted by Gasteiger charge is -2.32. The summed E-state index contributed by atoms with van der Waals surface area (Å²) in [6.07, 6.45) is -2.39. The molecule has 3 rings (SSSR count). The third-order valence-corrected chi connectivity index (χ3v) is 4.06. The first-order chi connectivity index (χ1) is 12.5. The predicted octanol–water partition coefficient (Wildman–Crippen LogP) is 2.77. The van der Waals surface area contributed by atoms with Gasteiger partial charge in [-0.3, -0.25) is 0 Å². The fourth-order valence-electron chi connectivity index (χ4n) is 2.63. The lowest BCUT2D eigenvalue weighted by Crippen LogP contribution is -2.47. The summed E-state index contributed by atoms with van der Waals surface area (Å²) < 4.78 is 15.9. The van der Waals surface area contributed by atoms with Gasteiger partial charge in [0, 0.05) is 6.42 Å². The summed E-state index contributed by atoms with van der Waals surface area (Å²) in [5.41, 5.74) is 0.728. The summed E-state index contributed by atoms with van der Waals surface area (Å²) in [7, 11) is 0. The molecule has 134 valence electrons. The monoisotopic (exact) mass is 354 g/mol. The van der Waals surface area contributed by atoms with Crippen LogP contribution in [0.5, 0.6) is 0 Å². The number of hydrogen-bond acceptors (Lipinski definition) is 6. The number of carbonyl (C=O) groups excluding carboxylic acids is 3. The van der Waals surface area contributed by atoms with Gasteiger partial charge in [0.1, 0.15) is 12.2 Å². The third kappa shape index (κ3) is 4.08. The molecule has 1 saturated heterocycles. The molecule has 1 heterocycles. The number of benzene rings is 2. The molecule has 2 aromatic rings. The van der Waals surface area contributed by atoms with Crippen LogP contribution in [0.25, 0.3) is 0 Å². The van der Waals surface area contributed by atoms with E-state index in [-0.39, 0.29) is 6.42 Å². The Bertz CT molecular complexity index is 786. The highest BCUT2D eigenvalue weighted by molar-refractivity contribution is 5.92. The minimum Gasteiger partial charge on any atom is -0.456 e. The molecule has 2 aromatic carbocycles. The molecule has 0 amide bonds. The smallest absolute Gasteiger partial charge is 0.348 e. The van der Waals surface area contributed by atoms with Crippen molar-refractivity contribution in [1.82, 2.24) is 0 Å². The molecule has 26 heavy (non-hydrogen) atoms. The zero-order chi connectivity index (χ0) is 18.5. The second-order valence-corrected chi connectivity index (χ2v) is 5.95. The van der Waals surface area contributed by atoms with E-state index in [2.05, 4.69) is 0 Å². The Morgan fingerprint density at radius 3 is 1.92 bits per heavy atom. The van der Waals surface area contributed by atoms with E-state index in [9.17, 15) is 14.4 Å². The molecule has 0 spiro atoms. The summed E-state index contributed by atoms with van der Waals surface area (Å²) in [4.78, 5) is 36.4. The van der Waals surface area contributed by atoms with Crippen molar-refractivity contribution in [2.75, 3.05) is 0 Å². The van der Waals surface area contributed by atoms with Crippen LogP contribution < -0.4 is 0 Å². The highest BCUT2D eigenvalue weighted by atomic mass is 16.6. The molecular formula is C20H18O6. The molecule has 0 bridgehead atoms. The van der Waals surface area contributed by atoms with Crippen LogP contribution in [0.4, 0.5) is 0 Å². The van der Waals surface area contributed by atoms with Gasteiger partial charge in [-0.25, -0.2) is 14.4 Å². The van der Waals surface area contributed by atoms with Crippen LogP contribution in [0.15, 0.2) is 60.7 Å². The largest absolute Gasteiger partial charge is 0.456 e. The Labute approximate surface area is 150 Å². The summed E-state index contributed by atoms with van der Waals surface area (Å²) in [6, 6.07) is 16.9. The van der Waals surface area contributed by atoms with Crippen molar-refractivity contribution in [1.29, 1.82) is 0 Å². The van der Waals surface area contributed by atoms with E-state index in [0.717, 1.165) is 0 Å². The van der Waals surface area contributed by atoms with Crippen LogP contribution in [0.2, 0.25) is 0 Å². The molecule has 0 saturated carbocycles. The van der Waals surface area contributed by atoms with Crippen LogP contribution in [0.1, 0.15) is 34.1 Å². The molecule has 0 radical (unpaired) electrons. The molecule has 6 nitrogen and oxygen atoms in total. The van der Waals surface area contributed by atoms with E-state index in [4.69, 9.17) is 14.2 Å². The van der Waals surface area contributed by atoms with Gasteiger partial charge >= 0.3 is 17.9 Å². The second-order valence-electron chi connectivity index (χ2n) is 5.95. The van der Waals surface area contributed by atoms with E-state index in [1.54, 1.807) is 67.6 Å². The van der Waals surface area contributed by atoms with Crippen molar-refractivity contribution in [3.8, 4) is 0 Å². The van der Waals surface area contributed by atoms with Crippen LogP contribution in [0.3, 0.4) is 0 Å². The lowest BCUT2D eigenvalue weighted by molar-refractivity contribution is -0.178. The topological polar surface area (TPSA) is 78.9 Å². The zero-order valence-electron chi connectivity index (χ0n) is 14.2. The van der Waals surface area contributed by atoms with Gasteiger partial charge in [-0.05, 0) is 31.2 Å². The Hall–Kier alpha value is -3.15. The molecule has 0 aliphatic carbocycles. The Morgan fingerprint density at radius 2 is 1.38 bits per heavy atom. The van der Waals surface area contributed by atoms with E-state index >= 15 is 0 Å². The average molecular weight is 354 g/mol. The van der Waals surface area contributed by atoms with Gasteiger partial charge in [0.05, 0.1) is 11.1 Å². The molecule has 1 aliphatic rings. The first-order valence-electron chi connectivity index (χ1n) is 8.27. The van der Waals surface area contributed by atoms with Crippen molar-refractivity contribution in [3.05, 3.63) is 71.8 Å². The summed E-state index contributed by atoms with van der Waals surface area (Å²) in [5, 5.41) is 0. The van der Waals surface area contributed by atoms with Crippen molar-refractivity contribution in [2.24, 2.45) is 0 Å². The van der Waals surface area contributed by atoms with Gasteiger partial charge in [0.2, 0.25) is 6.10 Å². The number of rotatable bonds is 4. The summed E-state index contributed by atoms with van der Waals surface area (Å²) >= 11 is 0. The highest BCUT2D eigenvalue weighted by Gasteiger charge is 2.40. The van der Waals surface area contributed by atoms with E-state index < -0.39 is 36.2 Å². The first kappa shape index (κ1) is 17.7. The molecule has 0 aromatic heterocycles. The van der Waals surface area contributed by atoms with Crippen LogP contribution in [0, 0.1) is 0 Å². The van der Waals surface area contributed by atoms with Crippen LogP contribution >= 0.6 is 0 Å². The molecule has 1 fully saturated rings. The number of esters is 3. The Kier molecular flexibility index (Phi) is 5.31. The summed E-state index contributed by atoms with van der Waals surface area (Å²) in [6.45, 7) is 1.63. The minimum atomic E-state index is -1.12. The lowest BCUT2D eigenvalue weighted by atomic mass is 10.0. The Balaban J connectivity index is 1.66. The quantitative estimate of drug-likeness (QED) is 0.620. The second kappa shape index (κ2) is 7.82. The van der Waals surface area contributed by atoms with Gasteiger partial charge in [0.25, 0.3) is 0 Å². The third-order valence-electron chi connectivity index (χ3n) is 4.06. The maximum atomic E-state index is 12.2. The van der Waals surface area contributed by atoms with Crippen LogP contribution in [-0.4, -0.2) is 36.2 Å². The van der Waals surface area contributed by atoms with Gasteiger partial charge in [-0.15, -0.1) is 0 Å². The number of carbonyl (C=O) groups is 3. The minimum absolute atomic E-state index is 0.0527. The molecule has 6 heteroatoms. The SMILES string of the molecule is CC1OC(=O)C(OC(=O)c2ccccc2)CC1OC(=O)c1ccccc1. The summed E-state index contributed by atoms with van der Waals surface area (Å²) in [5.74, 6) is -1.79. The number of ether oxygens (including phenoxy) is 3. The van der Waals surface area contributed by atoms with Crippen LogP contribution in [-0.2, 0) is 19.0 Å². The van der Waals surface area contributed by atoms with Gasteiger partial charge in [-0.1, -0.05) is 36.4 Å². The van der Waals surface area contributed by atoms with Crippen molar-refractivity contribution >= 4 is 17.9 Å². The molecule has 3 atom stereocenters. The fourth-order valence-corrected chi connectivity index (χ4v) is 2.63. The maximum absolute atomic E-state index is 12.2. The molecular weight excluding hydrogens is 336 g/mol. The van der Waals surface area contributed by atoms with Crippen molar-refractivity contribution in [2.45, 2.75) is 31.7 Å². The van der Waals surface area contributed by atoms with Crippen molar-refractivity contribution < 1.29 is 28.6 Å². The number of cyclic esters (lactones) is 1. The zero-order valence-corrected chi connectivity index (χ0v) is 14.2. The average Bonchev–Trinajstić information content (AvgIpc) is 2.66. The normalized spacial score (nSPS) is 22.2. The van der Waals surface area contributed by atoms with Gasteiger partial charge in [-0.2, -0.15) is 0 Å². The molecule has 1 aliphatic heterocycles. The predicted molar refractivity (Wildman–Crippen MR) is 91.5 cm³/mol. The first-order valence-corrected chi connectivity index (χ1v) is 8.27. The van der Waals surface area contributed by atoms with Gasteiger partial charge in [0.15, 0.2) is 0 Å². The highest BCUT2D eigenvalue weighted by Crippen LogP contribution is 2.23. The molecule has 0 N–H and O–H groups in total. The number of hydrogen-bond donors (Lipinski definition) is 0. The Morgan fingerprint density at radius 1 is 0.885 bits per heavy atom. The molecule has 3 unspecified atom stereocenters. The standard InChI is InChI=1S/C20H18O6/c1-13-16(25-18(21)14-8-4-2-5-9-14)12-17(20(23)24-13)26-19(22)15-10-6-3-7-11-15/h2-11,13,16-17H,12H2,1H3. The van der Waals surface area contributed by atoms with E-state index in [0.29, 0.717) is 11.1 Å². The fraction of sp³-hybridized carbons (Fsp3) is 0.250. The van der Waals surface area contributed by atoms with E-state index in [1.165, 1.54) is 0 Å². The van der Waals surface area contributed by atoms with E-state index in [1.807, 2.05) is 0 Å². The maximum Gasteiger partial charge on any atom is 0.348 e. The van der Waals surface area contributed by atoms with Gasteiger partial charge < -0.3 is 14.2 Å².